The summed E-state index contributed by atoms with van der Waals surface area (Å²) in [6.07, 6.45) is 0. The van der Waals surface area contributed by atoms with Gasteiger partial charge in [-0.05, 0) is 31.0 Å². The van der Waals surface area contributed by atoms with E-state index in [-0.39, 0.29) is 0 Å². The Morgan fingerprint density at radius 3 is 2.64 bits per heavy atom. The SMILES string of the molecule is Cc1cc2nc(C(C)C)ccc2n1C. The van der Waals surface area contributed by atoms with Gasteiger partial charge in [-0.1, -0.05) is 13.8 Å². The van der Waals surface area contributed by atoms with E-state index in [1.165, 1.54) is 16.9 Å². The summed E-state index contributed by atoms with van der Waals surface area (Å²) in [5.41, 5.74) is 4.75. The zero-order valence-electron chi connectivity index (χ0n) is 9.20. The van der Waals surface area contributed by atoms with Crippen molar-refractivity contribution in [3.05, 3.63) is 29.6 Å². The Labute approximate surface area is 84.6 Å². The van der Waals surface area contributed by atoms with E-state index in [1.807, 2.05) is 0 Å². The maximum atomic E-state index is 4.64. The van der Waals surface area contributed by atoms with Crippen LogP contribution in [-0.2, 0) is 7.05 Å². The lowest BCUT2D eigenvalue weighted by Gasteiger charge is -2.04. The number of rotatable bonds is 1. The molecule has 0 saturated heterocycles. The average molecular weight is 188 g/mol. The van der Waals surface area contributed by atoms with Gasteiger partial charge in [0.15, 0.2) is 0 Å². The zero-order chi connectivity index (χ0) is 10.3. The maximum Gasteiger partial charge on any atom is 0.0887 e. The molecular weight excluding hydrogens is 172 g/mol. The fourth-order valence-electron chi connectivity index (χ4n) is 1.68. The molecule has 0 fully saturated rings. The first kappa shape index (κ1) is 9.25. The summed E-state index contributed by atoms with van der Waals surface area (Å²) < 4.78 is 2.17. The Kier molecular flexibility index (Phi) is 2.06. The van der Waals surface area contributed by atoms with Crippen LogP contribution < -0.4 is 0 Å². The molecule has 0 saturated carbocycles. The summed E-state index contributed by atoms with van der Waals surface area (Å²) in [4.78, 5) is 4.64. The van der Waals surface area contributed by atoms with Crippen molar-refractivity contribution in [3.63, 3.8) is 0 Å². The molecule has 0 amide bonds. The average Bonchev–Trinajstić information content (AvgIpc) is 2.42. The largest absolute Gasteiger partial charge is 0.347 e. The van der Waals surface area contributed by atoms with E-state index in [4.69, 9.17) is 0 Å². The quantitative estimate of drug-likeness (QED) is 0.672. The number of aromatic nitrogens is 2. The van der Waals surface area contributed by atoms with Crippen molar-refractivity contribution in [1.29, 1.82) is 0 Å². The third-order valence-corrected chi connectivity index (χ3v) is 2.75. The van der Waals surface area contributed by atoms with Gasteiger partial charge in [-0.25, -0.2) is 0 Å². The molecular formula is C12H16N2. The lowest BCUT2D eigenvalue weighted by Crippen LogP contribution is -1.93. The second-order valence-corrected chi connectivity index (χ2v) is 4.14. The first-order chi connectivity index (χ1) is 6.59. The highest BCUT2D eigenvalue weighted by Gasteiger charge is 2.06. The van der Waals surface area contributed by atoms with Crippen LogP contribution in [0.2, 0.25) is 0 Å². The molecule has 0 spiro atoms. The summed E-state index contributed by atoms with van der Waals surface area (Å²) >= 11 is 0. The van der Waals surface area contributed by atoms with E-state index < -0.39 is 0 Å². The molecule has 2 aromatic rings. The van der Waals surface area contributed by atoms with Crippen molar-refractivity contribution in [1.82, 2.24) is 9.55 Å². The van der Waals surface area contributed by atoms with Gasteiger partial charge in [0.2, 0.25) is 0 Å². The molecule has 74 valence electrons. The fraction of sp³-hybridized carbons (Fsp3) is 0.417. The summed E-state index contributed by atoms with van der Waals surface area (Å²) in [5, 5.41) is 0. The Hall–Kier alpha value is -1.31. The van der Waals surface area contributed by atoms with Gasteiger partial charge in [-0.2, -0.15) is 0 Å². The van der Waals surface area contributed by atoms with Crippen molar-refractivity contribution < 1.29 is 0 Å². The molecule has 0 aliphatic carbocycles. The van der Waals surface area contributed by atoms with Crippen molar-refractivity contribution in [2.45, 2.75) is 26.7 Å². The van der Waals surface area contributed by atoms with E-state index in [0.717, 1.165) is 5.52 Å². The van der Waals surface area contributed by atoms with Crippen LogP contribution in [0.25, 0.3) is 11.0 Å². The van der Waals surface area contributed by atoms with Crippen LogP contribution in [-0.4, -0.2) is 9.55 Å². The topological polar surface area (TPSA) is 17.8 Å². The first-order valence-electron chi connectivity index (χ1n) is 5.02. The van der Waals surface area contributed by atoms with Crippen molar-refractivity contribution >= 4 is 11.0 Å². The summed E-state index contributed by atoms with van der Waals surface area (Å²) in [6.45, 7) is 6.45. The van der Waals surface area contributed by atoms with Crippen LogP contribution in [0.4, 0.5) is 0 Å². The Balaban J connectivity index is 2.67. The van der Waals surface area contributed by atoms with Crippen molar-refractivity contribution in [3.8, 4) is 0 Å². The maximum absolute atomic E-state index is 4.64. The van der Waals surface area contributed by atoms with Crippen LogP contribution in [0.15, 0.2) is 18.2 Å². The molecule has 0 radical (unpaired) electrons. The number of pyridine rings is 1. The Morgan fingerprint density at radius 2 is 2.00 bits per heavy atom. The molecule has 0 unspecified atom stereocenters. The zero-order valence-corrected chi connectivity index (χ0v) is 9.20. The molecule has 0 aromatic carbocycles. The predicted molar refractivity (Wildman–Crippen MR) is 59.5 cm³/mol. The third-order valence-electron chi connectivity index (χ3n) is 2.75. The molecule has 0 aliphatic rings. The highest BCUT2D eigenvalue weighted by Crippen LogP contribution is 2.19. The number of hydrogen-bond donors (Lipinski definition) is 0. The summed E-state index contributed by atoms with van der Waals surface area (Å²) in [5.74, 6) is 0.500. The molecule has 2 heteroatoms. The van der Waals surface area contributed by atoms with E-state index in [0.29, 0.717) is 5.92 Å². The Morgan fingerprint density at radius 1 is 1.29 bits per heavy atom. The first-order valence-corrected chi connectivity index (χ1v) is 5.02. The molecule has 0 aliphatic heterocycles. The molecule has 2 rings (SSSR count). The van der Waals surface area contributed by atoms with Gasteiger partial charge in [-0.15, -0.1) is 0 Å². The molecule has 2 aromatic heterocycles. The molecule has 14 heavy (non-hydrogen) atoms. The van der Waals surface area contributed by atoms with Crippen LogP contribution in [0, 0.1) is 6.92 Å². The molecule has 2 nitrogen and oxygen atoms in total. The van der Waals surface area contributed by atoms with Gasteiger partial charge in [-0.3, -0.25) is 4.98 Å². The fourth-order valence-corrected chi connectivity index (χ4v) is 1.68. The second kappa shape index (κ2) is 3.12. The number of nitrogens with zero attached hydrogens (tertiary/aromatic N) is 2. The third kappa shape index (κ3) is 1.31. The number of hydrogen-bond acceptors (Lipinski definition) is 1. The summed E-state index contributed by atoms with van der Waals surface area (Å²) in [6, 6.07) is 6.42. The van der Waals surface area contributed by atoms with Gasteiger partial charge >= 0.3 is 0 Å². The molecule has 0 atom stereocenters. The normalized spacial score (nSPS) is 11.5. The number of aryl methyl sites for hydroxylation is 2. The van der Waals surface area contributed by atoms with Gasteiger partial charge in [0.1, 0.15) is 0 Å². The highest BCUT2D eigenvalue weighted by atomic mass is 15.0. The second-order valence-electron chi connectivity index (χ2n) is 4.14. The van der Waals surface area contributed by atoms with Crippen molar-refractivity contribution in [2.24, 2.45) is 7.05 Å². The highest BCUT2D eigenvalue weighted by molar-refractivity contribution is 5.77. The van der Waals surface area contributed by atoms with E-state index >= 15 is 0 Å². The van der Waals surface area contributed by atoms with Crippen molar-refractivity contribution in [2.75, 3.05) is 0 Å². The lowest BCUT2D eigenvalue weighted by molar-refractivity contribution is 0.829. The van der Waals surface area contributed by atoms with Gasteiger partial charge in [0.05, 0.1) is 11.0 Å². The van der Waals surface area contributed by atoms with E-state index in [9.17, 15) is 0 Å². The standard InChI is InChI=1S/C12H16N2/c1-8(2)10-5-6-12-11(13-10)7-9(3)14(12)4/h5-8H,1-4H3. The van der Waals surface area contributed by atoms with Crippen LogP contribution >= 0.6 is 0 Å². The lowest BCUT2D eigenvalue weighted by atomic mass is 10.1. The van der Waals surface area contributed by atoms with Crippen LogP contribution in [0.3, 0.4) is 0 Å². The summed E-state index contributed by atoms with van der Waals surface area (Å²) in [7, 11) is 2.08. The predicted octanol–water partition coefficient (Wildman–Crippen LogP) is 3.01. The van der Waals surface area contributed by atoms with E-state index in [2.05, 4.69) is 55.6 Å². The van der Waals surface area contributed by atoms with Gasteiger partial charge in [0, 0.05) is 18.4 Å². The minimum absolute atomic E-state index is 0.500. The van der Waals surface area contributed by atoms with Gasteiger partial charge < -0.3 is 4.57 Å². The minimum Gasteiger partial charge on any atom is -0.347 e. The molecule has 2 heterocycles. The van der Waals surface area contributed by atoms with Crippen LogP contribution in [0.5, 0.6) is 0 Å². The smallest absolute Gasteiger partial charge is 0.0887 e. The molecule has 0 N–H and O–H groups in total. The minimum atomic E-state index is 0.500. The van der Waals surface area contributed by atoms with Crippen LogP contribution in [0.1, 0.15) is 31.2 Å². The molecule has 0 bridgehead atoms. The van der Waals surface area contributed by atoms with Gasteiger partial charge in [0.25, 0.3) is 0 Å². The number of fused-ring (bicyclic) bond motifs is 1. The van der Waals surface area contributed by atoms with E-state index in [1.54, 1.807) is 0 Å². The monoisotopic (exact) mass is 188 g/mol. The Bertz CT molecular complexity index is 466.